The Bertz CT molecular complexity index is 1300. The van der Waals surface area contributed by atoms with Gasteiger partial charge in [0.1, 0.15) is 22.7 Å². The summed E-state index contributed by atoms with van der Waals surface area (Å²) >= 11 is 1.63. The summed E-state index contributed by atoms with van der Waals surface area (Å²) < 4.78 is 5.57. The van der Waals surface area contributed by atoms with Gasteiger partial charge in [0.2, 0.25) is 5.91 Å². The number of rotatable bonds is 6. The first-order chi connectivity index (χ1) is 15.6. The van der Waals surface area contributed by atoms with E-state index in [9.17, 15) is 4.79 Å². The zero-order valence-corrected chi connectivity index (χ0v) is 18.7. The van der Waals surface area contributed by atoms with Crippen molar-refractivity contribution in [3.8, 4) is 5.75 Å². The minimum Gasteiger partial charge on any atom is -0.494 e. The maximum atomic E-state index is 12.7. The number of carbonyl (C=O) groups is 1. The first-order valence-corrected chi connectivity index (χ1v) is 11.3. The third-order valence-corrected chi connectivity index (χ3v) is 7.18. The van der Waals surface area contributed by atoms with Gasteiger partial charge in [-0.2, -0.15) is 5.10 Å². The number of likely N-dealkylation sites (N-methyl/N-ethyl adjacent to an activating group) is 1. The minimum atomic E-state index is -0.0694. The number of thiophene rings is 1. The van der Waals surface area contributed by atoms with Gasteiger partial charge in [-0.25, -0.2) is 9.97 Å². The molecule has 3 aromatic heterocycles. The second kappa shape index (κ2) is 8.36. The molecular weight excluding hydrogens is 428 g/mol. The van der Waals surface area contributed by atoms with Crippen molar-refractivity contribution in [2.45, 2.75) is 19.3 Å². The lowest BCUT2D eigenvalue weighted by molar-refractivity contribution is -0.135. The van der Waals surface area contributed by atoms with Crippen LogP contribution in [-0.2, 0) is 17.6 Å². The van der Waals surface area contributed by atoms with E-state index < -0.39 is 0 Å². The first-order valence-electron chi connectivity index (χ1n) is 10.5. The Kier molecular flexibility index (Phi) is 5.40. The van der Waals surface area contributed by atoms with Gasteiger partial charge in [0.25, 0.3) is 0 Å². The number of anilines is 2. The van der Waals surface area contributed by atoms with E-state index in [4.69, 9.17) is 9.84 Å². The number of aliphatic hydroxyl groups excluding tert-OH is 1. The van der Waals surface area contributed by atoms with Gasteiger partial charge in [-0.05, 0) is 30.9 Å². The van der Waals surface area contributed by atoms with Crippen LogP contribution in [-0.4, -0.2) is 63.4 Å². The number of amides is 1. The van der Waals surface area contributed by atoms with Crippen LogP contribution in [0.25, 0.3) is 21.1 Å². The summed E-state index contributed by atoms with van der Waals surface area (Å²) in [5, 5.41) is 21.6. The Labute approximate surface area is 188 Å². The van der Waals surface area contributed by atoms with Crippen molar-refractivity contribution >= 4 is 49.9 Å². The molecule has 0 saturated heterocycles. The van der Waals surface area contributed by atoms with Gasteiger partial charge in [-0.1, -0.05) is 0 Å². The summed E-state index contributed by atoms with van der Waals surface area (Å²) in [5.74, 6) is 1.44. The van der Waals surface area contributed by atoms with Gasteiger partial charge in [0.05, 0.1) is 36.5 Å². The van der Waals surface area contributed by atoms with E-state index in [1.807, 2.05) is 12.1 Å². The fourth-order valence-electron chi connectivity index (χ4n) is 4.35. The molecule has 1 aliphatic carbocycles. The molecule has 1 amide bonds. The van der Waals surface area contributed by atoms with E-state index in [-0.39, 0.29) is 18.4 Å². The van der Waals surface area contributed by atoms with Gasteiger partial charge in [-0.3, -0.25) is 9.89 Å². The van der Waals surface area contributed by atoms with Gasteiger partial charge < -0.3 is 20.1 Å². The number of nitrogens with one attached hydrogen (secondary N) is 2. The van der Waals surface area contributed by atoms with Crippen molar-refractivity contribution in [3.63, 3.8) is 0 Å². The largest absolute Gasteiger partial charge is 0.494 e. The molecule has 32 heavy (non-hydrogen) atoms. The number of methoxy groups -OCH3 is 1. The molecule has 3 heterocycles. The number of nitrogens with zero attached hydrogens (tertiary/aromatic N) is 4. The van der Waals surface area contributed by atoms with E-state index in [0.29, 0.717) is 18.7 Å². The molecule has 9 nitrogen and oxygen atoms in total. The molecule has 0 radical (unpaired) electrons. The molecule has 0 spiro atoms. The zero-order chi connectivity index (χ0) is 22.2. The molecule has 1 atom stereocenters. The normalized spacial score (nSPS) is 15.7. The van der Waals surface area contributed by atoms with Gasteiger partial charge in [-0.15, -0.1) is 11.3 Å². The molecule has 4 aromatic rings. The van der Waals surface area contributed by atoms with Crippen LogP contribution in [0.4, 0.5) is 11.5 Å². The Morgan fingerprint density at radius 1 is 1.41 bits per heavy atom. The molecule has 3 N–H and O–H groups in total. The lowest BCUT2D eigenvalue weighted by atomic mass is 9.87. The monoisotopic (exact) mass is 452 g/mol. The summed E-state index contributed by atoms with van der Waals surface area (Å²) in [7, 11) is 3.38. The number of fused-ring (bicyclic) bond motifs is 4. The summed E-state index contributed by atoms with van der Waals surface area (Å²) in [6, 6.07) is 3.89. The number of H-pyrrole nitrogens is 1. The van der Waals surface area contributed by atoms with E-state index in [1.54, 1.807) is 42.9 Å². The molecule has 0 aliphatic heterocycles. The third-order valence-electron chi connectivity index (χ3n) is 6.02. The standard InChI is InChI=1S/C22H24N6O3S/c1-28(5-6-29)22(30)12-3-4-14-18(8-12)32-21-19(14)20(23-11-24-21)26-16-7-13-10-25-27-15(13)9-17(16)31-2/h7,9-12,29H,3-6,8H2,1-2H3,(H,25,27)(H,23,24,26). The third kappa shape index (κ3) is 3.55. The number of aromatic amines is 1. The number of aromatic nitrogens is 4. The predicted molar refractivity (Wildman–Crippen MR) is 124 cm³/mol. The van der Waals surface area contributed by atoms with Crippen molar-refractivity contribution in [2.24, 2.45) is 5.92 Å². The Morgan fingerprint density at radius 2 is 2.28 bits per heavy atom. The molecule has 10 heteroatoms. The molecule has 1 aliphatic rings. The fraction of sp³-hybridized carbons (Fsp3) is 0.364. The van der Waals surface area contributed by atoms with Crippen molar-refractivity contribution in [2.75, 3.05) is 32.6 Å². The number of benzene rings is 1. The Hall–Kier alpha value is -3.24. The van der Waals surface area contributed by atoms with Crippen molar-refractivity contribution in [1.29, 1.82) is 0 Å². The highest BCUT2D eigenvalue weighted by atomic mass is 32.1. The lowest BCUT2D eigenvalue weighted by Gasteiger charge is -2.26. The van der Waals surface area contributed by atoms with Crippen molar-refractivity contribution < 1.29 is 14.6 Å². The van der Waals surface area contributed by atoms with Crippen LogP contribution in [0.15, 0.2) is 24.7 Å². The highest BCUT2D eigenvalue weighted by molar-refractivity contribution is 7.19. The summed E-state index contributed by atoms with van der Waals surface area (Å²) in [5.41, 5.74) is 2.91. The first kappa shape index (κ1) is 20.7. The maximum Gasteiger partial charge on any atom is 0.225 e. The minimum absolute atomic E-state index is 0.0260. The number of hydrogen-bond acceptors (Lipinski definition) is 8. The highest BCUT2D eigenvalue weighted by Gasteiger charge is 2.30. The summed E-state index contributed by atoms with van der Waals surface area (Å²) in [4.78, 5) is 25.5. The van der Waals surface area contributed by atoms with Crippen LogP contribution in [0, 0.1) is 5.92 Å². The van der Waals surface area contributed by atoms with Crippen molar-refractivity contribution in [1.82, 2.24) is 25.1 Å². The lowest BCUT2D eigenvalue weighted by Crippen LogP contribution is -2.37. The topological polar surface area (TPSA) is 116 Å². The number of hydrogen-bond donors (Lipinski definition) is 3. The van der Waals surface area contributed by atoms with Gasteiger partial charge in [0.15, 0.2) is 0 Å². The predicted octanol–water partition coefficient (Wildman–Crippen LogP) is 2.88. The fourth-order valence-corrected chi connectivity index (χ4v) is 5.62. The molecule has 0 bridgehead atoms. The Morgan fingerprint density at radius 3 is 3.09 bits per heavy atom. The van der Waals surface area contributed by atoms with Crippen LogP contribution in [0.3, 0.4) is 0 Å². The SMILES string of the molecule is COc1cc2[nH]ncc2cc1Nc1ncnc2sc3c(c12)CCC(C(=O)N(C)CCO)C3. The quantitative estimate of drug-likeness (QED) is 0.412. The molecule has 166 valence electrons. The molecule has 5 rings (SSSR count). The second-order valence-corrected chi connectivity index (χ2v) is 9.05. The number of ether oxygens (including phenoxy) is 1. The molecule has 0 saturated carbocycles. The average molecular weight is 453 g/mol. The summed E-state index contributed by atoms with van der Waals surface area (Å²) in [6.07, 6.45) is 5.58. The number of aryl methyl sites for hydroxylation is 1. The average Bonchev–Trinajstić information content (AvgIpc) is 3.41. The van der Waals surface area contributed by atoms with Gasteiger partial charge >= 0.3 is 0 Å². The molecular formula is C22H24N6O3S. The highest BCUT2D eigenvalue weighted by Crippen LogP contribution is 2.41. The van der Waals surface area contributed by atoms with Crippen molar-refractivity contribution in [3.05, 3.63) is 35.1 Å². The van der Waals surface area contributed by atoms with E-state index in [0.717, 1.165) is 45.5 Å². The van der Waals surface area contributed by atoms with E-state index in [1.165, 1.54) is 10.4 Å². The van der Waals surface area contributed by atoms with Crippen LogP contribution in [0.1, 0.15) is 16.9 Å². The smallest absolute Gasteiger partial charge is 0.225 e. The van der Waals surface area contributed by atoms with Crippen LogP contribution in [0.5, 0.6) is 5.75 Å². The van der Waals surface area contributed by atoms with Gasteiger partial charge in [0, 0.05) is 35.8 Å². The number of aliphatic hydroxyl groups is 1. The van der Waals surface area contributed by atoms with E-state index >= 15 is 0 Å². The summed E-state index contributed by atoms with van der Waals surface area (Å²) in [6.45, 7) is 0.332. The Balaban J connectivity index is 1.49. The van der Waals surface area contributed by atoms with E-state index in [2.05, 4.69) is 25.5 Å². The molecule has 0 fully saturated rings. The van der Waals surface area contributed by atoms with Crippen LogP contribution in [0.2, 0.25) is 0 Å². The van der Waals surface area contributed by atoms with Crippen LogP contribution >= 0.6 is 11.3 Å². The zero-order valence-electron chi connectivity index (χ0n) is 17.9. The molecule has 1 unspecified atom stereocenters. The maximum absolute atomic E-state index is 12.7. The second-order valence-electron chi connectivity index (χ2n) is 7.96. The molecule has 1 aromatic carbocycles. The van der Waals surface area contributed by atoms with Crippen LogP contribution < -0.4 is 10.1 Å². The number of carbonyl (C=O) groups excluding carboxylic acids is 1.